The molecule has 0 aliphatic heterocycles. The Bertz CT molecular complexity index is 651. The van der Waals surface area contributed by atoms with E-state index in [0.29, 0.717) is 24.2 Å². The fourth-order valence-electron chi connectivity index (χ4n) is 2.14. The Labute approximate surface area is 129 Å². The van der Waals surface area contributed by atoms with Crippen LogP contribution in [0.2, 0.25) is 0 Å². The minimum Gasteiger partial charge on any atom is -0.508 e. The third-order valence-corrected chi connectivity index (χ3v) is 3.32. The molecule has 1 aromatic heterocycles. The fourth-order valence-corrected chi connectivity index (χ4v) is 2.14. The van der Waals surface area contributed by atoms with E-state index in [4.69, 9.17) is 4.42 Å². The summed E-state index contributed by atoms with van der Waals surface area (Å²) in [6.45, 7) is 1.86. The van der Waals surface area contributed by atoms with Gasteiger partial charge in [-0.05, 0) is 48.4 Å². The highest BCUT2D eigenvalue weighted by Crippen LogP contribution is 2.22. The molecule has 116 valence electrons. The molecule has 0 aliphatic carbocycles. The van der Waals surface area contributed by atoms with Gasteiger partial charge in [-0.25, -0.2) is 0 Å². The van der Waals surface area contributed by atoms with Gasteiger partial charge in [0.1, 0.15) is 17.6 Å². The average Bonchev–Trinajstić information content (AvgIpc) is 3.01. The molecule has 0 saturated carbocycles. The summed E-state index contributed by atoms with van der Waals surface area (Å²) in [4.78, 5) is 0. The number of aliphatic hydroxyl groups excluding tert-OH is 2. The Kier molecular flexibility index (Phi) is 5.61. The molecule has 2 rings (SSSR count). The highest BCUT2D eigenvalue weighted by atomic mass is 16.4. The SMILES string of the molecule is CC(=C=CC[C@@H](O)c1cccc(O)c1)C[C@@H](O)c1ccco1. The van der Waals surface area contributed by atoms with E-state index in [2.05, 4.69) is 5.73 Å². The first-order chi connectivity index (χ1) is 10.6. The maximum atomic E-state index is 10.0. The Hall–Kier alpha value is -2.26. The van der Waals surface area contributed by atoms with Crippen LogP contribution < -0.4 is 0 Å². The van der Waals surface area contributed by atoms with E-state index in [1.165, 1.54) is 12.3 Å². The molecule has 0 saturated heterocycles. The van der Waals surface area contributed by atoms with Crippen LogP contribution in [-0.2, 0) is 0 Å². The smallest absolute Gasteiger partial charge is 0.132 e. The second-order valence-electron chi connectivity index (χ2n) is 5.21. The standard InChI is InChI=1S/C18H20O4/c1-13(11-17(21)18-9-4-10-22-18)5-2-8-16(20)14-6-3-7-15(19)12-14/h2-4,6-7,9-10,12,16-17,19-21H,8,11H2,1H3/t5?,16-,17-/m1/s1. The van der Waals surface area contributed by atoms with Crippen LogP contribution in [0.5, 0.6) is 5.75 Å². The predicted octanol–water partition coefficient (Wildman–Crippen LogP) is 3.63. The molecule has 0 bridgehead atoms. The molecule has 1 heterocycles. The Morgan fingerprint density at radius 2 is 2.05 bits per heavy atom. The van der Waals surface area contributed by atoms with Gasteiger partial charge in [0.25, 0.3) is 0 Å². The number of furan rings is 1. The molecule has 1 aromatic carbocycles. The van der Waals surface area contributed by atoms with Gasteiger partial charge in [-0.15, -0.1) is 5.73 Å². The summed E-state index contributed by atoms with van der Waals surface area (Å²) < 4.78 is 5.14. The van der Waals surface area contributed by atoms with Crippen molar-refractivity contribution in [3.63, 3.8) is 0 Å². The average molecular weight is 300 g/mol. The molecular formula is C18H20O4. The molecule has 2 aromatic rings. The quantitative estimate of drug-likeness (QED) is 0.712. The van der Waals surface area contributed by atoms with Gasteiger partial charge in [-0.1, -0.05) is 12.1 Å². The van der Waals surface area contributed by atoms with E-state index in [1.807, 2.05) is 6.92 Å². The second kappa shape index (κ2) is 7.66. The summed E-state index contributed by atoms with van der Waals surface area (Å²) in [6, 6.07) is 10.0. The van der Waals surface area contributed by atoms with E-state index in [-0.39, 0.29) is 5.75 Å². The molecule has 2 atom stereocenters. The molecule has 0 amide bonds. The van der Waals surface area contributed by atoms with Crippen molar-refractivity contribution < 1.29 is 19.7 Å². The van der Waals surface area contributed by atoms with E-state index >= 15 is 0 Å². The van der Waals surface area contributed by atoms with E-state index < -0.39 is 12.2 Å². The highest BCUT2D eigenvalue weighted by Gasteiger charge is 2.10. The predicted molar refractivity (Wildman–Crippen MR) is 83.2 cm³/mol. The zero-order valence-corrected chi connectivity index (χ0v) is 12.4. The van der Waals surface area contributed by atoms with Crippen LogP contribution in [0.15, 0.2) is 64.5 Å². The van der Waals surface area contributed by atoms with Crippen LogP contribution in [-0.4, -0.2) is 15.3 Å². The van der Waals surface area contributed by atoms with Gasteiger partial charge in [0.05, 0.1) is 12.4 Å². The van der Waals surface area contributed by atoms with Crippen molar-refractivity contribution in [1.29, 1.82) is 0 Å². The van der Waals surface area contributed by atoms with Crippen molar-refractivity contribution in [2.75, 3.05) is 0 Å². The van der Waals surface area contributed by atoms with Crippen molar-refractivity contribution in [2.45, 2.75) is 32.0 Å². The van der Waals surface area contributed by atoms with Crippen LogP contribution >= 0.6 is 0 Å². The monoisotopic (exact) mass is 300 g/mol. The summed E-state index contributed by atoms with van der Waals surface area (Å²) >= 11 is 0. The summed E-state index contributed by atoms with van der Waals surface area (Å²) in [5, 5.41) is 29.4. The van der Waals surface area contributed by atoms with Crippen LogP contribution in [0.3, 0.4) is 0 Å². The van der Waals surface area contributed by atoms with Crippen LogP contribution in [0, 0.1) is 0 Å². The second-order valence-corrected chi connectivity index (χ2v) is 5.21. The lowest BCUT2D eigenvalue weighted by molar-refractivity contribution is 0.150. The molecule has 0 spiro atoms. The Balaban J connectivity index is 1.92. The summed E-state index contributed by atoms with van der Waals surface area (Å²) in [5.74, 6) is 0.662. The van der Waals surface area contributed by atoms with Crippen molar-refractivity contribution in [3.8, 4) is 5.75 Å². The van der Waals surface area contributed by atoms with Crippen LogP contribution in [0.25, 0.3) is 0 Å². The lowest BCUT2D eigenvalue weighted by atomic mass is 10.1. The number of aliphatic hydroxyl groups is 2. The Morgan fingerprint density at radius 3 is 2.73 bits per heavy atom. The zero-order chi connectivity index (χ0) is 15.9. The number of phenolic OH excluding ortho intramolecular Hbond substituents is 1. The van der Waals surface area contributed by atoms with Gasteiger partial charge in [0.15, 0.2) is 0 Å². The minimum absolute atomic E-state index is 0.133. The molecule has 4 heteroatoms. The molecule has 3 N–H and O–H groups in total. The number of benzene rings is 1. The number of phenols is 1. The zero-order valence-electron chi connectivity index (χ0n) is 12.4. The van der Waals surface area contributed by atoms with Gasteiger partial charge in [0, 0.05) is 12.8 Å². The Morgan fingerprint density at radius 1 is 1.23 bits per heavy atom. The minimum atomic E-state index is -0.692. The molecule has 0 aliphatic rings. The van der Waals surface area contributed by atoms with Gasteiger partial charge in [-0.2, -0.15) is 0 Å². The third kappa shape index (κ3) is 4.64. The van der Waals surface area contributed by atoms with Crippen molar-refractivity contribution in [2.24, 2.45) is 0 Å². The third-order valence-electron chi connectivity index (χ3n) is 3.32. The first-order valence-corrected chi connectivity index (χ1v) is 7.15. The lowest BCUT2D eigenvalue weighted by Gasteiger charge is -2.08. The van der Waals surface area contributed by atoms with Gasteiger partial charge in [0.2, 0.25) is 0 Å². The number of rotatable bonds is 6. The normalized spacial score (nSPS) is 13.2. The summed E-state index contributed by atoms with van der Waals surface area (Å²) in [6.07, 6.45) is 2.69. The van der Waals surface area contributed by atoms with Crippen molar-refractivity contribution >= 4 is 0 Å². The van der Waals surface area contributed by atoms with Gasteiger partial charge < -0.3 is 19.7 Å². The van der Waals surface area contributed by atoms with Gasteiger partial charge >= 0.3 is 0 Å². The van der Waals surface area contributed by atoms with Crippen LogP contribution in [0.1, 0.15) is 43.3 Å². The molecule has 22 heavy (non-hydrogen) atoms. The van der Waals surface area contributed by atoms with Crippen LogP contribution in [0.4, 0.5) is 0 Å². The number of hydrogen-bond donors (Lipinski definition) is 3. The van der Waals surface area contributed by atoms with E-state index in [0.717, 1.165) is 5.57 Å². The first kappa shape index (κ1) is 16.1. The van der Waals surface area contributed by atoms with Crippen molar-refractivity contribution in [1.82, 2.24) is 0 Å². The molecule has 0 radical (unpaired) electrons. The summed E-state index contributed by atoms with van der Waals surface area (Å²) in [5.41, 5.74) is 4.58. The van der Waals surface area contributed by atoms with Gasteiger partial charge in [-0.3, -0.25) is 0 Å². The van der Waals surface area contributed by atoms with E-state index in [1.54, 1.807) is 36.4 Å². The molecule has 4 nitrogen and oxygen atoms in total. The number of aromatic hydroxyl groups is 1. The first-order valence-electron chi connectivity index (χ1n) is 7.15. The molecule has 0 unspecified atom stereocenters. The molecular weight excluding hydrogens is 280 g/mol. The van der Waals surface area contributed by atoms with E-state index in [9.17, 15) is 15.3 Å². The fraction of sp³-hybridized carbons (Fsp3) is 0.278. The van der Waals surface area contributed by atoms with Crippen molar-refractivity contribution in [3.05, 3.63) is 71.4 Å². The maximum absolute atomic E-state index is 10.0. The highest BCUT2D eigenvalue weighted by molar-refractivity contribution is 5.28. The topological polar surface area (TPSA) is 73.8 Å². The molecule has 0 fully saturated rings. The maximum Gasteiger partial charge on any atom is 0.132 e. The number of hydrogen-bond acceptors (Lipinski definition) is 4. The lowest BCUT2D eigenvalue weighted by Crippen LogP contribution is -1.96. The summed E-state index contributed by atoms with van der Waals surface area (Å²) in [7, 11) is 0. The largest absolute Gasteiger partial charge is 0.508 e.